The lowest BCUT2D eigenvalue weighted by atomic mass is 9.79. The van der Waals surface area contributed by atoms with Crippen molar-refractivity contribution in [1.29, 1.82) is 0 Å². The zero-order chi connectivity index (χ0) is 15.4. The summed E-state index contributed by atoms with van der Waals surface area (Å²) in [5, 5.41) is 9.58. The Morgan fingerprint density at radius 2 is 2.00 bits per heavy atom. The summed E-state index contributed by atoms with van der Waals surface area (Å²) >= 11 is 0. The Labute approximate surface area is 140 Å². The molecule has 0 radical (unpaired) electrons. The lowest BCUT2D eigenvalue weighted by Gasteiger charge is -2.34. The van der Waals surface area contributed by atoms with Crippen LogP contribution in [0.25, 0.3) is 11.4 Å². The summed E-state index contributed by atoms with van der Waals surface area (Å²) in [7, 11) is 0. The summed E-state index contributed by atoms with van der Waals surface area (Å²) < 4.78 is 5.33. The molecule has 0 unspecified atom stereocenters. The number of H-pyrrole nitrogens is 1. The molecule has 4 N–H and O–H groups in total. The van der Waals surface area contributed by atoms with Crippen molar-refractivity contribution in [2.24, 2.45) is 11.1 Å². The largest absolute Gasteiger partial charge is 0.381 e. The first-order chi connectivity index (χ1) is 10.7. The van der Waals surface area contributed by atoms with Crippen LogP contribution in [0.15, 0.2) is 30.6 Å². The molecule has 2 heterocycles. The minimum absolute atomic E-state index is 0. The van der Waals surface area contributed by atoms with E-state index in [9.17, 15) is 4.79 Å². The van der Waals surface area contributed by atoms with E-state index >= 15 is 0 Å². The number of aromatic amines is 1. The summed E-state index contributed by atoms with van der Waals surface area (Å²) in [5.41, 5.74) is 6.97. The first kappa shape index (κ1) is 17.4. The molecule has 1 amide bonds. The highest BCUT2D eigenvalue weighted by molar-refractivity contribution is 5.95. The fourth-order valence-electron chi connectivity index (χ4n) is 2.61. The van der Waals surface area contributed by atoms with Gasteiger partial charge in [0.2, 0.25) is 5.91 Å². The maximum atomic E-state index is 12.6. The average molecular weight is 338 g/mol. The Morgan fingerprint density at radius 3 is 2.57 bits per heavy atom. The average Bonchev–Trinajstić information content (AvgIpc) is 3.10. The molecule has 1 aliphatic rings. The number of carbonyl (C=O) groups excluding carboxylic acids is 1. The van der Waals surface area contributed by atoms with E-state index < -0.39 is 5.41 Å². The van der Waals surface area contributed by atoms with E-state index in [2.05, 4.69) is 20.5 Å². The Kier molecular flexibility index (Phi) is 5.70. The number of hydrogen-bond acceptors (Lipinski definition) is 5. The molecule has 3 rings (SSSR count). The van der Waals surface area contributed by atoms with E-state index in [1.54, 1.807) is 0 Å². The van der Waals surface area contributed by atoms with Crippen molar-refractivity contribution >= 4 is 24.0 Å². The molecular formula is C15H20ClN5O2. The van der Waals surface area contributed by atoms with Gasteiger partial charge in [-0.3, -0.25) is 9.89 Å². The number of carbonyl (C=O) groups is 1. The van der Waals surface area contributed by atoms with Crippen LogP contribution >= 0.6 is 12.4 Å². The molecule has 1 aromatic heterocycles. The van der Waals surface area contributed by atoms with E-state index in [-0.39, 0.29) is 18.3 Å². The predicted molar refractivity (Wildman–Crippen MR) is 89.2 cm³/mol. The molecule has 8 heteroatoms. The third-order valence-corrected chi connectivity index (χ3v) is 4.15. The molecule has 0 aliphatic carbocycles. The van der Waals surface area contributed by atoms with Gasteiger partial charge in [0.1, 0.15) is 6.33 Å². The van der Waals surface area contributed by atoms with Gasteiger partial charge in [-0.2, -0.15) is 5.10 Å². The first-order valence-electron chi connectivity index (χ1n) is 7.29. The van der Waals surface area contributed by atoms with Crippen LogP contribution in [0.2, 0.25) is 0 Å². The number of anilines is 1. The van der Waals surface area contributed by atoms with Crippen molar-refractivity contribution < 1.29 is 9.53 Å². The van der Waals surface area contributed by atoms with Gasteiger partial charge in [0, 0.05) is 31.0 Å². The third kappa shape index (κ3) is 3.69. The van der Waals surface area contributed by atoms with Gasteiger partial charge in [0.15, 0.2) is 5.82 Å². The Hall–Kier alpha value is -1.96. The van der Waals surface area contributed by atoms with Crippen molar-refractivity contribution in [3.8, 4) is 11.4 Å². The van der Waals surface area contributed by atoms with Gasteiger partial charge in [-0.05, 0) is 37.1 Å². The van der Waals surface area contributed by atoms with Crippen molar-refractivity contribution in [2.45, 2.75) is 12.8 Å². The maximum Gasteiger partial charge on any atom is 0.232 e. The summed E-state index contributed by atoms with van der Waals surface area (Å²) in [5.74, 6) is 0.659. The topological polar surface area (TPSA) is 106 Å². The van der Waals surface area contributed by atoms with E-state index in [0.29, 0.717) is 38.4 Å². The lowest BCUT2D eigenvalue weighted by molar-refractivity contribution is -0.130. The molecule has 1 aliphatic heterocycles. The van der Waals surface area contributed by atoms with Crippen LogP contribution in [-0.4, -0.2) is 40.8 Å². The second-order valence-corrected chi connectivity index (χ2v) is 5.46. The van der Waals surface area contributed by atoms with Crippen molar-refractivity contribution in [2.75, 3.05) is 25.1 Å². The van der Waals surface area contributed by atoms with E-state index in [0.717, 1.165) is 11.3 Å². The minimum atomic E-state index is -0.526. The minimum Gasteiger partial charge on any atom is -0.381 e. The highest BCUT2D eigenvalue weighted by atomic mass is 35.5. The van der Waals surface area contributed by atoms with Gasteiger partial charge in [0.25, 0.3) is 0 Å². The van der Waals surface area contributed by atoms with Gasteiger partial charge in [-0.25, -0.2) is 4.98 Å². The van der Waals surface area contributed by atoms with Gasteiger partial charge in [-0.15, -0.1) is 12.4 Å². The van der Waals surface area contributed by atoms with Crippen molar-refractivity contribution in [1.82, 2.24) is 15.2 Å². The number of amides is 1. The summed E-state index contributed by atoms with van der Waals surface area (Å²) in [6.07, 6.45) is 2.78. The number of nitrogens with two attached hydrogens (primary N) is 1. The zero-order valence-electron chi connectivity index (χ0n) is 12.6. The maximum absolute atomic E-state index is 12.6. The van der Waals surface area contributed by atoms with E-state index in [1.807, 2.05) is 24.3 Å². The standard InChI is InChI=1S/C15H19N5O2.ClH/c16-9-15(5-7-22-8-6-15)14(21)19-12-3-1-11(2-4-12)13-17-10-18-20-13;/h1-4,10H,5-9,16H2,(H,19,21)(H,17,18,20);1H. The van der Waals surface area contributed by atoms with Crippen LogP contribution in [0.1, 0.15) is 12.8 Å². The number of benzene rings is 1. The van der Waals surface area contributed by atoms with Crippen LogP contribution in [0.3, 0.4) is 0 Å². The number of halogens is 1. The lowest BCUT2D eigenvalue weighted by Crippen LogP contribution is -2.46. The fourth-order valence-corrected chi connectivity index (χ4v) is 2.61. The van der Waals surface area contributed by atoms with Gasteiger partial charge in [0.05, 0.1) is 5.41 Å². The summed E-state index contributed by atoms with van der Waals surface area (Å²) in [6.45, 7) is 1.49. The Bertz CT molecular complexity index is 624. The molecule has 0 bridgehead atoms. The Morgan fingerprint density at radius 1 is 1.30 bits per heavy atom. The smallest absolute Gasteiger partial charge is 0.232 e. The van der Waals surface area contributed by atoms with Gasteiger partial charge < -0.3 is 15.8 Å². The first-order valence-corrected chi connectivity index (χ1v) is 7.29. The monoisotopic (exact) mass is 337 g/mol. The second-order valence-electron chi connectivity index (χ2n) is 5.46. The summed E-state index contributed by atoms with van der Waals surface area (Å²) in [6, 6.07) is 7.46. The molecule has 124 valence electrons. The van der Waals surface area contributed by atoms with Gasteiger partial charge >= 0.3 is 0 Å². The zero-order valence-corrected chi connectivity index (χ0v) is 13.4. The molecule has 0 spiro atoms. The molecule has 1 aromatic carbocycles. The number of hydrogen-bond donors (Lipinski definition) is 3. The van der Waals surface area contributed by atoms with Crippen LogP contribution in [0, 0.1) is 5.41 Å². The molecule has 2 aromatic rings. The molecular weight excluding hydrogens is 318 g/mol. The van der Waals surface area contributed by atoms with E-state index in [1.165, 1.54) is 6.33 Å². The predicted octanol–water partition coefficient (Wildman–Crippen LogP) is 1.59. The highest BCUT2D eigenvalue weighted by Crippen LogP contribution is 2.31. The van der Waals surface area contributed by atoms with Gasteiger partial charge in [-0.1, -0.05) is 0 Å². The number of nitrogens with one attached hydrogen (secondary N) is 2. The molecule has 1 saturated heterocycles. The number of aromatic nitrogens is 3. The molecule has 7 nitrogen and oxygen atoms in total. The molecule has 23 heavy (non-hydrogen) atoms. The molecule has 1 fully saturated rings. The van der Waals surface area contributed by atoms with Crippen LogP contribution in [0.5, 0.6) is 0 Å². The third-order valence-electron chi connectivity index (χ3n) is 4.15. The molecule has 0 saturated carbocycles. The molecule has 0 atom stereocenters. The number of ether oxygens (including phenoxy) is 1. The second kappa shape index (κ2) is 7.54. The van der Waals surface area contributed by atoms with Crippen molar-refractivity contribution in [3.63, 3.8) is 0 Å². The SMILES string of the molecule is Cl.NCC1(C(=O)Nc2ccc(-c3ncn[nH]3)cc2)CCOCC1. The Balaban J connectivity index is 0.00000192. The number of nitrogens with zero attached hydrogens (tertiary/aromatic N) is 2. The van der Waals surface area contributed by atoms with Crippen LogP contribution in [-0.2, 0) is 9.53 Å². The normalized spacial score (nSPS) is 16.4. The van der Waals surface area contributed by atoms with E-state index in [4.69, 9.17) is 10.5 Å². The van der Waals surface area contributed by atoms with Crippen LogP contribution in [0.4, 0.5) is 5.69 Å². The number of rotatable bonds is 4. The fraction of sp³-hybridized carbons (Fsp3) is 0.400. The highest BCUT2D eigenvalue weighted by Gasteiger charge is 2.38. The van der Waals surface area contributed by atoms with Crippen LogP contribution < -0.4 is 11.1 Å². The van der Waals surface area contributed by atoms with Crippen molar-refractivity contribution in [3.05, 3.63) is 30.6 Å². The quantitative estimate of drug-likeness (QED) is 0.785. The summed E-state index contributed by atoms with van der Waals surface area (Å²) in [4.78, 5) is 16.6.